The molecule has 0 saturated heterocycles. The Morgan fingerprint density at radius 3 is 0.767 bits per heavy atom. The van der Waals surface area contributed by atoms with E-state index >= 15 is 0 Å². The van der Waals surface area contributed by atoms with Crippen molar-refractivity contribution in [3.63, 3.8) is 0 Å². The molecule has 300 valence electrons. The standard InChI is InChI=1S/C50H42N2O8/c1-55-43-25-17-39(18-26-43)51(40-19-27-44(56-2)28-20-40)37-13-7-35(8-14-37)11-33-47(49(53)59-5)48(50(54)60-6)34-12-36-9-15-38(16-10-36)52(41-21-29-45(57-3)30-22-41)42-23-31-46(58-4)32-24-42/h7-10,13-32H,1-6H3/b48-47+. The van der Waals surface area contributed by atoms with E-state index in [-0.39, 0.29) is 11.1 Å². The number of hydrogen-bond donors (Lipinski definition) is 0. The van der Waals surface area contributed by atoms with Crippen molar-refractivity contribution in [2.75, 3.05) is 52.5 Å². The molecule has 10 heteroatoms. The van der Waals surface area contributed by atoms with Gasteiger partial charge in [-0.3, -0.25) is 0 Å². The first kappa shape index (κ1) is 41.6. The molecule has 0 aliphatic rings. The average Bonchev–Trinajstić information content (AvgIpc) is 3.31. The molecule has 0 aromatic heterocycles. The zero-order valence-corrected chi connectivity index (χ0v) is 34.0. The maximum atomic E-state index is 13.1. The second kappa shape index (κ2) is 19.9. The van der Waals surface area contributed by atoms with E-state index in [1.54, 1.807) is 28.4 Å². The van der Waals surface area contributed by atoms with Crippen molar-refractivity contribution in [1.82, 2.24) is 0 Å². The molecule has 10 nitrogen and oxygen atoms in total. The van der Waals surface area contributed by atoms with Gasteiger partial charge >= 0.3 is 11.9 Å². The summed E-state index contributed by atoms with van der Waals surface area (Å²) in [5.41, 5.74) is 5.99. The lowest BCUT2D eigenvalue weighted by Crippen LogP contribution is -2.13. The van der Waals surface area contributed by atoms with Crippen LogP contribution in [-0.2, 0) is 19.1 Å². The van der Waals surface area contributed by atoms with Gasteiger partial charge in [-0.05, 0) is 146 Å². The highest BCUT2D eigenvalue weighted by Crippen LogP contribution is 2.37. The van der Waals surface area contributed by atoms with E-state index in [0.29, 0.717) is 11.1 Å². The smallest absolute Gasteiger partial charge is 0.348 e. The molecule has 0 unspecified atom stereocenters. The quantitative estimate of drug-likeness (QED) is 0.0677. The summed E-state index contributed by atoms with van der Waals surface area (Å²) in [4.78, 5) is 30.4. The highest BCUT2D eigenvalue weighted by atomic mass is 16.5. The molecular formula is C50H42N2O8. The van der Waals surface area contributed by atoms with Gasteiger partial charge in [0.1, 0.15) is 34.1 Å². The Labute approximate surface area is 350 Å². The van der Waals surface area contributed by atoms with Crippen molar-refractivity contribution in [3.8, 4) is 46.7 Å². The number of rotatable bonds is 12. The van der Waals surface area contributed by atoms with Gasteiger partial charge in [-0.15, -0.1) is 0 Å². The number of nitrogens with zero attached hydrogens (tertiary/aromatic N) is 2. The maximum absolute atomic E-state index is 13.1. The third-order valence-corrected chi connectivity index (χ3v) is 9.27. The fourth-order valence-electron chi connectivity index (χ4n) is 6.11. The molecule has 0 heterocycles. The molecular weight excluding hydrogens is 757 g/mol. The third kappa shape index (κ3) is 9.89. The van der Waals surface area contributed by atoms with E-state index in [9.17, 15) is 9.59 Å². The predicted molar refractivity (Wildman–Crippen MR) is 233 cm³/mol. The van der Waals surface area contributed by atoms with Gasteiger partial charge in [-0.25, -0.2) is 9.59 Å². The van der Waals surface area contributed by atoms with Crippen LogP contribution >= 0.6 is 0 Å². The van der Waals surface area contributed by atoms with Crippen molar-refractivity contribution < 1.29 is 38.0 Å². The van der Waals surface area contributed by atoms with E-state index in [2.05, 4.69) is 33.5 Å². The summed E-state index contributed by atoms with van der Waals surface area (Å²) in [6, 6.07) is 45.8. The molecule has 6 aromatic rings. The van der Waals surface area contributed by atoms with Gasteiger partial charge in [-0.2, -0.15) is 0 Å². The Bertz CT molecular complexity index is 2280. The first-order chi connectivity index (χ1) is 29.3. The van der Waals surface area contributed by atoms with Crippen LogP contribution in [0.25, 0.3) is 0 Å². The molecule has 0 aliphatic heterocycles. The number of ether oxygens (including phenoxy) is 6. The number of carbonyl (C=O) groups excluding carboxylic acids is 2. The molecule has 6 rings (SSSR count). The van der Waals surface area contributed by atoms with E-state index in [0.717, 1.165) is 57.1 Å². The average molecular weight is 799 g/mol. The van der Waals surface area contributed by atoms with E-state index in [4.69, 9.17) is 28.4 Å². The van der Waals surface area contributed by atoms with Crippen LogP contribution in [0.4, 0.5) is 34.1 Å². The SMILES string of the molecule is COC(=O)/C(C#Cc1ccc(N(c2ccc(OC)cc2)c2ccc(OC)cc2)cc1)=C(\C#Cc1ccc(N(c2ccc(OC)cc2)c2ccc(OC)cc2)cc1)C(=O)OC. The van der Waals surface area contributed by atoms with Crippen molar-refractivity contribution in [2.24, 2.45) is 0 Å². The molecule has 0 fully saturated rings. The van der Waals surface area contributed by atoms with Crippen LogP contribution in [0.5, 0.6) is 23.0 Å². The number of anilines is 6. The van der Waals surface area contributed by atoms with Crippen LogP contribution in [-0.4, -0.2) is 54.6 Å². The summed E-state index contributed by atoms with van der Waals surface area (Å²) in [6.45, 7) is 0. The van der Waals surface area contributed by atoms with Crippen molar-refractivity contribution in [3.05, 3.63) is 168 Å². The Kier molecular flexibility index (Phi) is 13.8. The fraction of sp³-hybridized carbons (Fsp3) is 0.120. The number of benzene rings is 6. The van der Waals surface area contributed by atoms with Crippen LogP contribution in [0.1, 0.15) is 11.1 Å². The lowest BCUT2D eigenvalue weighted by Gasteiger charge is -2.25. The topological polar surface area (TPSA) is 96.0 Å². The van der Waals surface area contributed by atoms with Gasteiger partial charge in [0.25, 0.3) is 0 Å². The molecule has 0 N–H and O–H groups in total. The maximum Gasteiger partial charge on any atom is 0.348 e. The zero-order chi connectivity index (χ0) is 42.4. The normalized spacial score (nSPS) is 10.6. The highest BCUT2D eigenvalue weighted by molar-refractivity contribution is 6.06. The van der Waals surface area contributed by atoms with Crippen molar-refractivity contribution >= 4 is 46.1 Å². The second-order valence-corrected chi connectivity index (χ2v) is 12.8. The van der Waals surface area contributed by atoms with Crippen LogP contribution in [0.15, 0.2) is 157 Å². The van der Waals surface area contributed by atoms with Gasteiger partial charge in [0, 0.05) is 45.3 Å². The predicted octanol–water partition coefficient (Wildman–Crippen LogP) is 9.71. The van der Waals surface area contributed by atoms with Gasteiger partial charge in [0.15, 0.2) is 0 Å². The van der Waals surface area contributed by atoms with E-state index in [1.807, 2.05) is 146 Å². The molecule has 0 aliphatic carbocycles. The first-order valence-corrected chi connectivity index (χ1v) is 18.6. The summed E-state index contributed by atoms with van der Waals surface area (Å²) in [5, 5.41) is 0. The monoisotopic (exact) mass is 798 g/mol. The highest BCUT2D eigenvalue weighted by Gasteiger charge is 2.21. The minimum Gasteiger partial charge on any atom is -0.497 e. The second-order valence-electron chi connectivity index (χ2n) is 12.8. The number of hydrogen-bond acceptors (Lipinski definition) is 10. The molecule has 0 spiro atoms. The molecule has 0 amide bonds. The van der Waals surface area contributed by atoms with Crippen LogP contribution < -0.4 is 28.7 Å². The lowest BCUT2D eigenvalue weighted by atomic mass is 10.1. The van der Waals surface area contributed by atoms with Gasteiger partial charge in [0.2, 0.25) is 0 Å². The Morgan fingerprint density at radius 2 is 0.567 bits per heavy atom. The minimum absolute atomic E-state index is 0.235. The third-order valence-electron chi connectivity index (χ3n) is 9.27. The zero-order valence-electron chi connectivity index (χ0n) is 34.0. The number of carbonyl (C=O) groups is 2. The van der Waals surface area contributed by atoms with Crippen LogP contribution in [0.3, 0.4) is 0 Å². The van der Waals surface area contributed by atoms with Crippen molar-refractivity contribution in [1.29, 1.82) is 0 Å². The van der Waals surface area contributed by atoms with E-state index in [1.165, 1.54) is 14.2 Å². The molecule has 0 saturated carbocycles. The molecule has 0 atom stereocenters. The summed E-state index contributed by atoms with van der Waals surface area (Å²) in [5.74, 6) is 13.0. The molecule has 0 radical (unpaired) electrons. The summed E-state index contributed by atoms with van der Waals surface area (Å²) in [6.07, 6.45) is 0. The Balaban J connectivity index is 1.32. The van der Waals surface area contributed by atoms with Crippen molar-refractivity contribution in [2.45, 2.75) is 0 Å². The molecule has 0 bridgehead atoms. The fourth-order valence-corrected chi connectivity index (χ4v) is 6.11. The minimum atomic E-state index is -0.830. The lowest BCUT2D eigenvalue weighted by molar-refractivity contribution is -0.138. The number of methoxy groups -OCH3 is 6. The van der Waals surface area contributed by atoms with Gasteiger partial charge < -0.3 is 38.2 Å². The van der Waals surface area contributed by atoms with E-state index < -0.39 is 11.9 Å². The largest absolute Gasteiger partial charge is 0.497 e. The summed E-state index contributed by atoms with van der Waals surface area (Å²) in [7, 11) is 8.92. The van der Waals surface area contributed by atoms with Crippen LogP contribution in [0, 0.1) is 23.7 Å². The summed E-state index contributed by atoms with van der Waals surface area (Å²) < 4.78 is 31.6. The Morgan fingerprint density at radius 1 is 0.350 bits per heavy atom. The first-order valence-electron chi connectivity index (χ1n) is 18.6. The summed E-state index contributed by atoms with van der Waals surface area (Å²) >= 11 is 0. The number of esters is 2. The van der Waals surface area contributed by atoms with Crippen LogP contribution in [0.2, 0.25) is 0 Å². The van der Waals surface area contributed by atoms with Gasteiger partial charge in [0.05, 0.1) is 42.7 Å². The van der Waals surface area contributed by atoms with Gasteiger partial charge in [-0.1, -0.05) is 23.7 Å². The Hall–Kier alpha value is -8.08. The molecule has 60 heavy (non-hydrogen) atoms. The molecule has 6 aromatic carbocycles.